The molecule has 0 aliphatic carbocycles. The Morgan fingerprint density at radius 2 is 2.00 bits per heavy atom. The molecular formula is C9H15F3N4O2S. The maximum absolute atomic E-state index is 11.9. The van der Waals surface area contributed by atoms with E-state index < -0.39 is 34.8 Å². The molecule has 0 saturated carbocycles. The maximum atomic E-state index is 11.9. The molecular weight excluding hydrogens is 285 g/mol. The summed E-state index contributed by atoms with van der Waals surface area (Å²) >= 11 is 0. The molecule has 0 radical (unpaired) electrons. The Balaban J connectivity index is 2.70. The first-order chi connectivity index (χ1) is 8.52. The molecule has 3 N–H and O–H groups in total. The van der Waals surface area contributed by atoms with E-state index in [0.717, 1.165) is 0 Å². The van der Waals surface area contributed by atoms with Gasteiger partial charge in [-0.2, -0.15) is 18.3 Å². The van der Waals surface area contributed by atoms with E-state index >= 15 is 0 Å². The fraction of sp³-hybridized carbons (Fsp3) is 0.667. The highest BCUT2D eigenvalue weighted by Gasteiger charge is 2.27. The van der Waals surface area contributed by atoms with Crippen LogP contribution in [0.2, 0.25) is 0 Å². The SMILES string of the molecule is Cc1nn(C)c(NS(=O)(=O)CCCC(F)(F)F)c1N. The van der Waals surface area contributed by atoms with Gasteiger partial charge in [0.25, 0.3) is 0 Å². The van der Waals surface area contributed by atoms with Gasteiger partial charge in [-0.25, -0.2) is 13.1 Å². The quantitative estimate of drug-likeness (QED) is 0.860. The van der Waals surface area contributed by atoms with Crippen molar-refractivity contribution in [3.05, 3.63) is 5.69 Å². The number of alkyl halides is 3. The molecule has 110 valence electrons. The second kappa shape index (κ2) is 5.27. The Bertz CT molecular complexity index is 551. The first-order valence-electron chi connectivity index (χ1n) is 5.38. The van der Waals surface area contributed by atoms with Crippen molar-refractivity contribution >= 4 is 21.5 Å². The van der Waals surface area contributed by atoms with E-state index in [2.05, 4.69) is 9.82 Å². The Morgan fingerprint density at radius 1 is 1.42 bits per heavy atom. The van der Waals surface area contributed by atoms with Gasteiger partial charge in [-0.3, -0.25) is 4.72 Å². The van der Waals surface area contributed by atoms with Crippen LogP contribution in [0.25, 0.3) is 0 Å². The summed E-state index contributed by atoms with van der Waals surface area (Å²) in [5.41, 5.74) is 6.21. The lowest BCUT2D eigenvalue weighted by atomic mass is 10.3. The summed E-state index contributed by atoms with van der Waals surface area (Å²) in [5, 5.41) is 3.90. The zero-order chi connectivity index (χ0) is 14.8. The average Bonchev–Trinajstić information content (AvgIpc) is 2.42. The number of rotatable bonds is 5. The molecule has 1 rings (SSSR count). The van der Waals surface area contributed by atoms with Crippen molar-refractivity contribution in [2.75, 3.05) is 16.2 Å². The highest BCUT2D eigenvalue weighted by atomic mass is 32.2. The molecule has 0 saturated heterocycles. The van der Waals surface area contributed by atoms with Crippen LogP contribution in [0, 0.1) is 6.92 Å². The largest absolute Gasteiger partial charge is 0.394 e. The predicted molar refractivity (Wildman–Crippen MR) is 65.1 cm³/mol. The number of aryl methyl sites for hydroxylation is 2. The Kier molecular flexibility index (Phi) is 4.33. The zero-order valence-corrected chi connectivity index (χ0v) is 11.3. The van der Waals surface area contributed by atoms with Crippen molar-refractivity contribution in [3.8, 4) is 0 Å². The lowest BCUT2D eigenvalue weighted by molar-refractivity contribution is -0.134. The number of aromatic nitrogens is 2. The lowest BCUT2D eigenvalue weighted by Gasteiger charge is -2.10. The summed E-state index contributed by atoms with van der Waals surface area (Å²) in [5.74, 6) is -0.569. The maximum Gasteiger partial charge on any atom is 0.389 e. The van der Waals surface area contributed by atoms with Crippen LogP contribution in [-0.4, -0.2) is 30.1 Å². The summed E-state index contributed by atoms with van der Waals surface area (Å²) in [4.78, 5) is 0. The summed E-state index contributed by atoms with van der Waals surface area (Å²) in [7, 11) is -2.40. The third kappa shape index (κ3) is 4.62. The minimum atomic E-state index is -4.36. The predicted octanol–water partition coefficient (Wildman–Crippen LogP) is 1.39. The van der Waals surface area contributed by atoms with E-state index in [4.69, 9.17) is 5.73 Å². The van der Waals surface area contributed by atoms with Crippen LogP contribution in [-0.2, 0) is 17.1 Å². The number of hydrogen-bond donors (Lipinski definition) is 2. The number of nitrogens with zero attached hydrogens (tertiary/aromatic N) is 2. The minimum absolute atomic E-state index is 0.0597. The number of nitrogen functional groups attached to an aromatic ring is 1. The molecule has 6 nitrogen and oxygen atoms in total. The topological polar surface area (TPSA) is 90.0 Å². The highest BCUT2D eigenvalue weighted by Crippen LogP contribution is 2.24. The molecule has 0 aliphatic rings. The second-order valence-corrected chi connectivity index (χ2v) is 5.95. The average molecular weight is 300 g/mol. The molecule has 0 atom stereocenters. The molecule has 0 fully saturated rings. The van der Waals surface area contributed by atoms with Gasteiger partial charge in [0, 0.05) is 13.5 Å². The minimum Gasteiger partial charge on any atom is -0.394 e. The molecule has 0 spiro atoms. The van der Waals surface area contributed by atoms with Gasteiger partial charge in [0.1, 0.15) is 0 Å². The van der Waals surface area contributed by atoms with Gasteiger partial charge in [0.15, 0.2) is 5.82 Å². The van der Waals surface area contributed by atoms with E-state index in [1.807, 2.05) is 0 Å². The van der Waals surface area contributed by atoms with Gasteiger partial charge in [-0.05, 0) is 13.3 Å². The summed E-state index contributed by atoms with van der Waals surface area (Å²) < 4.78 is 62.4. The molecule has 0 amide bonds. The normalized spacial score (nSPS) is 12.7. The van der Waals surface area contributed by atoms with Crippen LogP contribution in [0.5, 0.6) is 0 Å². The summed E-state index contributed by atoms with van der Waals surface area (Å²) in [6.07, 6.45) is -6.01. The van der Waals surface area contributed by atoms with Crippen LogP contribution < -0.4 is 10.5 Å². The fourth-order valence-electron chi connectivity index (χ4n) is 1.46. The van der Waals surface area contributed by atoms with E-state index in [0.29, 0.717) is 5.69 Å². The van der Waals surface area contributed by atoms with Crippen LogP contribution in [0.3, 0.4) is 0 Å². The molecule has 1 aromatic heterocycles. The molecule has 10 heteroatoms. The third-order valence-corrected chi connectivity index (χ3v) is 3.72. The Hall–Kier alpha value is -1.45. The Labute approximate surface area is 108 Å². The molecule has 0 aliphatic heterocycles. The van der Waals surface area contributed by atoms with E-state index in [-0.39, 0.29) is 11.5 Å². The third-order valence-electron chi connectivity index (χ3n) is 2.39. The van der Waals surface area contributed by atoms with Crippen molar-refractivity contribution in [3.63, 3.8) is 0 Å². The van der Waals surface area contributed by atoms with Gasteiger partial charge in [0.05, 0.1) is 17.1 Å². The number of sulfonamides is 1. The molecule has 0 bridgehead atoms. The Morgan fingerprint density at radius 3 is 2.42 bits per heavy atom. The van der Waals surface area contributed by atoms with Crippen LogP contribution >= 0.6 is 0 Å². The molecule has 1 aromatic rings. The van der Waals surface area contributed by atoms with Crippen molar-refractivity contribution < 1.29 is 21.6 Å². The number of anilines is 2. The van der Waals surface area contributed by atoms with Gasteiger partial charge in [0.2, 0.25) is 10.0 Å². The smallest absolute Gasteiger partial charge is 0.389 e. The molecule has 1 heterocycles. The first-order valence-corrected chi connectivity index (χ1v) is 7.03. The monoisotopic (exact) mass is 300 g/mol. The number of nitrogens with two attached hydrogens (primary N) is 1. The molecule has 0 unspecified atom stereocenters. The standard InChI is InChI=1S/C9H15F3N4O2S/c1-6-7(13)8(16(2)14-6)15-19(17,18)5-3-4-9(10,11)12/h15H,3-5,13H2,1-2H3. The second-order valence-electron chi connectivity index (χ2n) is 4.11. The van der Waals surface area contributed by atoms with Gasteiger partial charge < -0.3 is 5.73 Å². The number of halogens is 3. The van der Waals surface area contributed by atoms with Crippen molar-refractivity contribution in [1.82, 2.24) is 9.78 Å². The summed E-state index contributed by atoms with van der Waals surface area (Å²) in [6, 6.07) is 0. The first kappa shape index (κ1) is 15.6. The zero-order valence-electron chi connectivity index (χ0n) is 10.5. The van der Waals surface area contributed by atoms with Gasteiger partial charge in [-0.15, -0.1) is 0 Å². The molecule has 0 aromatic carbocycles. The molecule has 19 heavy (non-hydrogen) atoms. The highest BCUT2D eigenvalue weighted by molar-refractivity contribution is 7.92. The lowest BCUT2D eigenvalue weighted by Crippen LogP contribution is -2.20. The van der Waals surface area contributed by atoms with Crippen molar-refractivity contribution in [2.24, 2.45) is 7.05 Å². The fourth-order valence-corrected chi connectivity index (χ4v) is 2.62. The number of nitrogens with one attached hydrogen (secondary N) is 1. The van der Waals surface area contributed by atoms with E-state index in [9.17, 15) is 21.6 Å². The summed E-state index contributed by atoms with van der Waals surface area (Å²) in [6.45, 7) is 1.59. The van der Waals surface area contributed by atoms with E-state index in [1.54, 1.807) is 6.92 Å². The van der Waals surface area contributed by atoms with Crippen molar-refractivity contribution in [2.45, 2.75) is 25.9 Å². The van der Waals surface area contributed by atoms with Crippen molar-refractivity contribution in [1.29, 1.82) is 0 Å². The van der Waals surface area contributed by atoms with Gasteiger partial charge in [-0.1, -0.05) is 0 Å². The van der Waals surface area contributed by atoms with Crippen LogP contribution in [0.4, 0.5) is 24.7 Å². The van der Waals surface area contributed by atoms with Crippen LogP contribution in [0.15, 0.2) is 0 Å². The number of hydrogen-bond acceptors (Lipinski definition) is 4. The van der Waals surface area contributed by atoms with Crippen LogP contribution in [0.1, 0.15) is 18.5 Å². The van der Waals surface area contributed by atoms with Gasteiger partial charge >= 0.3 is 6.18 Å². The van der Waals surface area contributed by atoms with E-state index in [1.165, 1.54) is 11.7 Å².